The van der Waals surface area contributed by atoms with Crippen LogP contribution in [0.5, 0.6) is 0 Å². The summed E-state index contributed by atoms with van der Waals surface area (Å²) in [6.45, 7) is 7.69. The topological polar surface area (TPSA) is 68.8 Å². The molecule has 1 aromatic carbocycles. The number of hydrogen-bond acceptors (Lipinski definition) is 3. The van der Waals surface area contributed by atoms with Crippen LogP contribution in [0.2, 0.25) is 5.02 Å². The zero-order valence-corrected chi connectivity index (χ0v) is 18.6. The Bertz CT molecular complexity index is 731. The number of amides is 1. The molecular formula is C22H33ClFN5O. The number of likely N-dealkylation sites (tertiary alicyclic amines) is 1. The molecule has 1 amide bonds. The van der Waals surface area contributed by atoms with Gasteiger partial charge >= 0.3 is 0 Å². The van der Waals surface area contributed by atoms with Gasteiger partial charge in [0.15, 0.2) is 5.96 Å². The average molecular weight is 438 g/mol. The molecule has 2 atom stereocenters. The van der Waals surface area contributed by atoms with Gasteiger partial charge < -0.3 is 16.0 Å². The molecule has 1 saturated heterocycles. The van der Waals surface area contributed by atoms with E-state index in [0.29, 0.717) is 29.7 Å². The van der Waals surface area contributed by atoms with Gasteiger partial charge in [0.2, 0.25) is 5.91 Å². The quantitative estimate of drug-likeness (QED) is 0.432. The molecule has 1 aliphatic carbocycles. The van der Waals surface area contributed by atoms with Crippen molar-refractivity contribution in [3.63, 3.8) is 0 Å². The molecule has 8 heteroatoms. The fraction of sp³-hybridized carbons (Fsp3) is 0.636. The first-order valence-corrected chi connectivity index (χ1v) is 11.4. The van der Waals surface area contributed by atoms with Crippen molar-refractivity contribution in [2.45, 2.75) is 57.5 Å². The number of nitrogens with zero attached hydrogens (tertiary/aromatic N) is 2. The maximum atomic E-state index is 14.2. The van der Waals surface area contributed by atoms with Crippen LogP contribution >= 0.6 is 11.6 Å². The number of carbonyl (C=O) groups is 1. The largest absolute Gasteiger partial charge is 0.355 e. The molecule has 1 heterocycles. The van der Waals surface area contributed by atoms with Gasteiger partial charge in [-0.3, -0.25) is 14.7 Å². The van der Waals surface area contributed by atoms with Crippen LogP contribution in [-0.4, -0.2) is 61.6 Å². The number of carbonyl (C=O) groups excluding carboxylic acids is 1. The van der Waals surface area contributed by atoms with Gasteiger partial charge in [0.05, 0.1) is 6.54 Å². The lowest BCUT2D eigenvalue weighted by Gasteiger charge is -2.32. The van der Waals surface area contributed by atoms with Crippen LogP contribution in [-0.2, 0) is 4.79 Å². The van der Waals surface area contributed by atoms with Crippen LogP contribution in [0.1, 0.15) is 51.0 Å². The molecule has 2 aliphatic rings. The second-order valence-corrected chi connectivity index (χ2v) is 8.50. The molecule has 1 saturated carbocycles. The molecule has 2 fully saturated rings. The Morgan fingerprint density at radius 2 is 2.03 bits per heavy atom. The summed E-state index contributed by atoms with van der Waals surface area (Å²) in [6, 6.07) is 5.29. The predicted octanol–water partition coefficient (Wildman–Crippen LogP) is 2.88. The number of halogens is 2. The van der Waals surface area contributed by atoms with Crippen molar-refractivity contribution in [2.24, 2.45) is 4.99 Å². The van der Waals surface area contributed by atoms with Gasteiger partial charge in [0, 0.05) is 54.8 Å². The normalized spacial score (nSPS) is 22.6. The highest BCUT2D eigenvalue weighted by molar-refractivity contribution is 6.31. The summed E-state index contributed by atoms with van der Waals surface area (Å²) in [4.78, 5) is 18.7. The van der Waals surface area contributed by atoms with Crippen molar-refractivity contribution in [2.75, 3.05) is 32.7 Å². The Morgan fingerprint density at radius 3 is 2.70 bits per heavy atom. The Kier molecular flexibility index (Phi) is 8.33. The van der Waals surface area contributed by atoms with Crippen molar-refractivity contribution in [3.8, 4) is 0 Å². The van der Waals surface area contributed by atoms with E-state index in [4.69, 9.17) is 11.6 Å². The van der Waals surface area contributed by atoms with E-state index in [2.05, 4.69) is 32.8 Å². The lowest BCUT2D eigenvalue weighted by molar-refractivity contribution is -0.122. The zero-order valence-electron chi connectivity index (χ0n) is 17.9. The number of aliphatic imine (C=N–C) groups is 1. The third kappa shape index (κ3) is 6.32. The first-order chi connectivity index (χ1) is 14.5. The molecule has 2 unspecified atom stereocenters. The van der Waals surface area contributed by atoms with Crippen molar-refractivity contribution in [3.05, 3.63) is 34.6 Å². The van der Waals surface area contributed by atoms with Crippen molar-refractivity contribution < 1.29 is 9.18 Å². The molecule has 1 aliphatic heterocycles. The van der Waals surface area contributed by atoms with Gasteiger partial charge in [-0.25, -0.2) is 4.39 Å². The first kappa shape index (κ1) is 22.8. The van der Waals surface area contributed by atoms with E-state index in [9.17, 15) is 9.18 Å². The molecular weight excluding hydrogens is 405 g/mol. The fourth-order valence-electron chi connectivity index (χ4n) is 3.96. The van der Waals surface area contributed by atoms with E-state index in [1.807, 2.05) is 6.92 Å². The third-order valence-corrected chi connectivity index (χ3v) is 6.00. The first-order valence-electron chi connectivity index (χ1n) is 11.0. The van der Waals surface area contributed by atoms with Crippen LogP contribution in [0.15, 0.2) is 23.2 Å². The van der Waals surface area contributed by atoms with Crippen LogP contribution in [0, 0.1) is 5.82 Å². The van der Waals surface area contributed by atoms with Gasteiger partial charge in [-0.05, 0) is 44.7 Å². The molecule has 3 N–H and O–H groups in total. The summed E-state index contributed by atoms with van der Waals surface area (Å²) in [7, 11) is 0. The second-order valence-electron chi connectivity index (χ2n) is 8.10. The summed E-state index contributed by atoms with van der Waals surface area (Å²) in [5, 5.41) is 10.4. The minimum Gasteiger partial charge on any atom is -0.355 e. The van der Waals surface area contributed by atoms with Crippen LogP contribution in [0.4, 0.5) is 4.39 Å². The maximum Gasteiger partial charge on any atom is 0.234 e. The van der Waals surface area contributed by atoms with Crippen LogP contribution in [0.25, 0.3) is 0 Å². The van der Waals surface area contributed by atoms with Gasteiger partial charge in [-0.2, -0.15) is 0 Å². The van der Waals surface area contributed by atoms with Crippen molar-refractivity contribution >= 4 is 23.5 Å². The number of nitrogens with one attached hydrogen (secondary N) is 3. The lowest BCUT2D eigenvalue weighted by atomic mass is 10.1. The van der Waals surface area contributed by atoms with E-state index in [1.165, 1.54) is 6.07 Å². The van der Waals surface area contributed by atoms with Crippen LogP contribution in [0.3, 0.4) is 0 Å². The molecule has 0 aromatic heterocycles. The van der Waals surface area contributed by atoms with E-state index < -0.39 is 0 Å². The number of piperidine rings is 1. The van der Waals surface area contributed by atoms with E-state index >= 15 is 0 Å². The highest BCUT2D eigenvalue weighted by Crippen LogP contribution is 2.44. The minimum atomic E-state index is -0.242. The smallest absolute Gasteiger partial charge is 0.234 e. The predicted molar refractivity (Wildman–Crippen MR) is 120 cm³/mol. The molecule has 0 spiro atoms. The van der Waals surface area contributed by atoms with Crippen molar-refractivity contribution in [1.29, 1.82) is 0 Å². The molecule has 6 nitrogen and oxygen atoms in total. The Balaban J connectivity index is 1.46. The van der Waals surface area contributed by atoms with Gasteiger partial charge in [0.25, 0.3) is 0 Å². The van der Waals surface area contributed by atoms with Gasteiger partial charge in [0.1, 0.15) is 5.82 Å². The molecule has 166 valence electrons. The standard InChI is InChI=1S/C22H33ClFN5O/c1-3-10-26-20(30)14-29-11-8-15(9-12-29)27-22(25-4-2)28-19-13-16(19)21-17(23)6-5-7-18(21)24/h5-7,15-16,19H,3-4,8-14H2,1-2H3,(H,26,30)(H2,25,27,28). The van der Waals surface area contributed by atoms with E-state index in [-0.39, 0.29) is 23.7 Å². The van der Waals surface area contributed by atoms with E-state index in [0.717, 1.165) is 51.3 Å². The zero-order chi connectivity index (χ0) is 21.5. The van der Waals surface area contributed by atoms with Crippen LogP contribution < -0.4 is 16.0 Å². The number of hydrogen-bond donors (Lipinski definition) is 3. The Morgan fingerprint density at radius 1 is 1.27 bits per heavy atom. The summed E-state index contributed by atoms with van der Waals surface area (Å²) in [5.41, 5.74) is 0.599. The highest BCUT2D eigenvalue weighted by atomic mass is 35.5. The second kappa shape index (κ2) is 11.0. The summed E-state index contributed by atoms with van der Waals surface area (Å²) in [6.07, 6.45) is 3.71. The summed E-state index contributed by atoms with van der Waals surface area (Å²) < 4.78 is 14.2. The lowest BCUT2D eigenvalue weighted by Crippen LogP contribution is -2.50. The van der Waals surface area contributed by atoms with Gasteiger partial charge in [-0.15, -0.1) is 0 Å². The number of rotatable bonds is 8. The monoisotopic (exact) mass is 437 g/mol. The minimum absolute atomic E-state index is 0.0750. The maximum absolute atomic E-state index is 14.2. The summed E-state index contributed by atoms with van der Waals surface area (Å²) in [5.74, 6) is 0.710. The Labute approximate surface area is 183 Å². The highest BCUT2D eigenvalue weighted by Gasteiger charge is 2.42. The van der Waals surface area contributed by atoms with Gasteiger partial charge in [-0.1, -0.05) is 24.6 Å². The third-order valence-electron chi connectivity index (χ3n) is 5.67. The van der Waals surface area contributed by atoms with Crippen molar-refractivity contribution in [1.82, 2.24) is 20.9 Å². The SMILES string of the molecule is CCCNC(=O)CN1CCC(NC(=NCC)NC2CC2c2c(F)cccc2Cl)CC1. The number of benzene rings is 1. The Hall–Kier alpha value is -1.86. The number of guanidine groups is 1. The molecule has 3 rings (SSSR count). The molecule has 30 heavy (non-hydrogen) atoms. The summed E-state index contributed by atoms with van der Waals surface area (Å²) >= 11 is 6.21. The molecule has 0 bridgehead atoms. The molecule has 0 radical (unpaired) electrons. The van der Waals surface area contributed by atoms with E-state index in [1.54, 1.807) is 12.1 Å². The average Bonchev–Trinajstić information content (AvgIpc) is 3.46. The molecule has 1 aromatic rings. The fourth-order valence-corrected chi connectivity index (χ4v) is 4.26.